The molecule has 1 fully saturated rings. The van der Waals surface area contributed by atoms with Gasteiger partial charge in [0.2, 0.25) is 10.0 Å². The van der Waals surface area contributed by atoms with Crippen LogP contribution in [0.25, 0.3) is 0 Å². The van der Waals surface area contributed by atoms with Crippen LogP contribution in [0.1, 0.15) is 24.8 Å². The van der Waals surface area contributed by atoms with Gasteiger partial charge < -0.3 is 5.11 Å². The minimum Gasteiger partial charge on any atom is -0.393 e. The van der Waals surface area contributed by atoms with Gasteiger partial charge in [0.15, 0.2) is 0 Å². The summed E-state index contributed by atoms with van der Waals surface area (Å²) in [6, 6.07) is 5.07. The molecule has 1 aliphatic carbocycles. The monoisotopic (exact) mass is 298 g/mol. The fourth-order valence-corrected chi connectivity index (χ4v) is 3.66. The highest BCUT2D eigenvalue weighted by Gasteiger charge is 2.26. The number of halogens is 1. The predicted molar refractivity (Wildman–Crippen MR) is 69.7 cm³/mol. The lowest BCUT2D eigenvalue weighted by atomic mass is 10.1. The number of nitriles is 1. The molecule has 1 aromatic rings. The largest absolute Gasteiger partial charge is 0.393 e. The van der Waals surface area contributed by atoms with Crippen molar-refractivity contribution < 1.29 is 17.9 Å². The first-order chi connectivity index (χ1) is 9.44. The summed E-state index contributed by atoms with van der Waals surface area (Å²) in [6.45, 7) is 0.181. The Kier molecular flexibility index (Phi) is 4.38. The van der Waals surface area contributed by atoms with Crippen molar-refractivity contribution in [3.8, 4) is 6.07 Å². The molecule has 20 heavy (non-hydrogen) atoms. The van der Waals surface area contributed by atoms with Crippen molar-refractivity contribution in [3.63, 3.8) is 0 Å². The van der Waals surface area contributed by atoms with E-state index in [4.69, 9.17) is 5.26 Å². The van der Waals surface area contributed by atoms with E-state index in [1.807, 2.05) is 0 Å². The first kappa shape index (κ1) is 14.9. The van der Waals surface area contributed by atoms with Gasteiger partial charge in [0, 0.05) is 6.54 Å². The topological polar surface area (TPSA) is 90.2 Å². The van der Waals surface area contributed by atoms with Gasteiger partial charge in [-0.25, -0.2) is 17.5 Å². The molecule has 0 spiro atoms. The van der Waals surface area contributed by atoms with Crippen LogP contribution in [0, 0.1) is 23.1 Å². The van der Waals surface area contributed by atoms with E-state index in [0.717, 1.165) is 12.5 Å². The van der Waals surface area contributed by atoms with Gasteiger partial charge in [-0.1, -0.05) is 6.07 Å². The summed E-state index contributed by atoms with van der Waals surface area (Å²) in [5, 5.41) is 18.3. The van der Waals surface area contributed by atoms with Gasteiger partial charge in [-0.05, 0) is 37.3 Å². The second-order valence-corrected chi connectivity index (χ2v) is 6.64. The van der Waals surface area contributed by atoms with Crippen molar-refractivity contribution in [3.05, 3.63) is 29.6 Å². The van der Waals surface area contributed by atoms with Crippen molar-refractivity contribution in [2.45, 2.75) is 30.3 Å². The van der Waals surface area contributed by atoms with Crippen molar-refractivity contribution in [2.24, 2.45) is 5.92 Å². The van der Waals surface area contributed by atoms with Crippen LogP contribution in [0.2, 0.25) is 0 Å². The van der Waals surface area contributed by atoms with Crippen LogP contribution in [0.5, 0.6) is 0 Å². The molecule has 0 saturated heterocycles. The Labute approximate surface area is 117 Å². The van der Waals surface area contributed by atoms with Gasteiger partial charge in [0.05, 0.1) is 6.10 Å². The Morgan fingerprint density at radius 1 is 1.45 bits per heavy atom. The normalized spacial score (nSPS) is 22.6. The molecule has 0 aliphatic heterocycles. The van der Waals surface area contributed by atoms with Gasteiger partial charge in [-0.3, -0.25) is 0 Å². The molecule has 2 N–H and O–H groups in total. The van der Waals surface area contributed by atoms with Crippen LogP contribution in [-0.2, 0) is 10.0 Å². The zero-order valence-corrected chi connectivity index (χ0v) is 11.5. The average molecular weight is 298 g/mol. The zero-order valence-electron chi connectivity index (χ0n) is 10.7. The van der Waals surface area contributed by atoms with Crippen LogP contribution in [-0.4, -0.2) is 26.2 Å². The van der Waals surface area contributed by atoms with Crippen molar-refractivity contribution in [2.75, 3.05) is 6.54 Å². The maximum Gasteiger partial charge on any atom is 0.242 e. The summed E-state index contributed by atoms with van der Waals surface area (Å²) in [6.07, 6.45) is 1.58. The smallest absolute Gasteiger partial charge is 0.242 e. The molecule has 2 rings (SSSR count). The minimum absolute atomic E-state index is 0.0684. The Morgan fingerprint density at radius 3 is 2.80 bits per heavy atom. The summed E-state index contributed by atoms with van der Waals surface area (Å²) >= 11 is 0. The highest BCUT2D eigenvalue weighted by molar-refractivity contribution is 7.89. The quantitative estimate of drug-likeness (QED) is 0.872. The van der Waals surface area contributed by atoms with E-state index in [9.17, 15) is 17.9 Å². The first-order valence-corrected chi connectivity index (χ1v) is 7.78. The van der Waals surface area contributed by atoms with Crippen LogP contribution in [0.15, 0.2) is 23.1 Å². The number of benzene rings is 1. The number of aliphatic hydroxyl groups is 1. The lowest BCUT2D eigenvalue weighted by molar-refractivity contribution is 0.178. The highest BCUT2D eigenvalue weighted by atomic mass is 32.2. The van der Waals surface area contributed by atoms with Crippen LogP contribution in [0.3, 0.4) is 0 Å². The number of rotatable bonds is 4. The van der Waals surface area contributed by atoms with E-state index in [1.54, 1.807) is 6.07 Å². The molecule has 2 unspecified atom stereocenters. The molecule has 1 saturated carbocycles. The third-order valence-corrected chi connectivity index (χ3v) is 4.92. The van der Waals surface area contributed by atoms with Gasteiger partial charge >= 0.3 is 0 Å². The van der Waals surface area contributed by atoms with Crippen molar-refractivity contribution in [1.29, 1.82) is 5.26 Å². The molecule has 1 aromatic carbocycles. The van der Waals surface area contributed by atoms with Gasteiger partial charge in [0.25, 0.3) is 0 Å². The number of nitrogens with one attached hydrogen (secondary N) is 1. The standard InChI is InChI=1S/C13H15FN2O3S/c14-12-2-1-3-13(11(12)7-15)20(18,19)16-8-9-4-5-10(17)6-9/h1-3,9-10,16-17H,4-6,8H2. The Bertz CT molecular complexity index is 640. The number of hydrogen-bond donors (Lipinski definition) is 2. The summed E-state index contributed by atoms with van der Waals surface area (Å²) in [5.41, 5.74) is -0.480. The van der Waals surface area contributed by atoms with Crippen molar-refractivity contribution in [1.82, 2.24) is 4.72 Å². The van der Waals surface area contributed by atoms with E-state index < -0.39 is 21.4 Å². The van der Waals surface area contributed by atoms with E-state index in [1.165, 1.54) is 12.1 Å². The molecular formula is C13H15FN2O3S. The highest BCUT2D eigenvalue weighted by Crippen LogP contribution is 2.25. The molecule has 1 aliphatic rings. The summed E-state index contributed by atoms with van der Waals surface area (Å²) in [7, 11) is -3.92. The molecule has 0 bridgehead atoms. The second kappa shape index (κ2) is 5.87. The molecule has 0 amide bonds. The molecule has 5 nitrogen and oxygen atoms in total. The Hall–Kier alpha value is -1.49. The van der Waals surface area contributed by atoms with Gasteiger partial charge in [-0.15, -0.1) is 0 Å². The minimum atomic E-state index is -3.92. The lowest BCUT2D eigenvalue weighted by Gasteiger charge is -2.12. The number of nitrogens with zero attached hydrogens (tertiary/aromatic N) is 1. The van der Waals surface area contributed by atoms with Crippen LogP contribution >= 0.6 is 0 Å². The number of sulfonamides is 1. The summed E-state index contributed by atoms with van der Waals surface area (Å²) in [5.74, 6) is -0.787. The molecule has 2 atom stereocenters. The second-order valence-electron chi connectivity index (χ2n) is 4.91. The lowest BCUT2D eigenvalue weighted by Crippen LogP contribution is -2.29. The van der Waals surface area contributed by atoms with E-state index in [-0.39, 0.29) is 23.5 Å². The predicted octanol–water partition coefficient (Wildman–Crippen LogP) is 1.14. The Morgan fingerprint density at radius 2 is 2.20 bits per heavy atom. The molecule has 0 radical (unpaired) electrons. The fraction of sp³-hybridized carbons (Fsp3) is 0.462. The number of hydrogen-bond acceptors (Lipinski definition) is 4. The Balaban J connectivity index is 2.15. The summed E-state index contributed by atoms with van der Waals surface area (Å²) in [4.78, 5) is -0.349. The fourth-order valence-electron chi connectivity index (χ4n) is 2.38. The third kappa shape index (κ3) is 3.15. The molecule has 0 aromatic heterocycles. The summed E-state index contributed by atoms with van der Waals surface area (Å²) < 4.78 is 40.0. The van der Waals surface area contributed by atoms with E-state index in [0.29, 0.717) is 12.8 Å². The molecule has 108 valence electrons. The molecule has 7 heteroatoms. The zero-order chi connectivity index (χ0) is 14.8. The van der Waals surface area contributed by atoms with Gasteiger partial charge in [-0.2, -0.15) is 5.26 Å². The number of aliphatic hydroxyl groups excluding tert-OH is 1. The van der Waals surface area contributed by atoms with E-state index >= 15 is 0 Å². The third-order valence-electron chi connectivity index (χ3n) is 3.45. The van der Waals surface area contributed by atoms with Crippen LogP contribution in [0.4, 0.5) is 4.39 Å². The maximum absolute atomic E-state index is 13.4. The maximum atomic E-state index is 13.4. The van der Waals surface area contributed by atoms with Gasteiger partial charge in [0.1, 0.15) is 22.3 Å². The van der Waals surface area contributed by atoms with Crippen molar-refractivity contribution >= 4 is 10.0 Å². The average Bonchev–Trinajstić information content (AvgIpc) is 2.82. The van der Waals surface area contributed by atoms with E-state index in [2.05, 4.69) is 4.72 Å². The first-order valence-electron chi connectivity index (χ1n) is 6.30. The molecule has 0 heterocycles. The molecular weight excluding hydrogens is 283 g/mol. The van der Waals surface area contributed by atoms with Crippen LogP contribution < -0.4 is 4.72 Å². The SMILES string of the molecule is N#Cc1c(F)cccc1S(=O)(=O)NCC1CCC(O)C1.